The standard InChI is InChI=1S/C11H19N5/c1-8-9(2)15-16-11(14-8)13-7-5-10-4-3-6-12-10/h10,12H,3-7H2,1-2H3,(H,13,14,16)/t10-/m1/s1. The van der Waals surface area contributed by atoms with Gasteiger partial charge in [-0.1, -0.05) is 0 Å². The first-order valence-electron chi connectivity index (χ1n) is 5.91. The van der Waals surface area contributed by atoms with Gasteiger partial charge >= 0.3 is 0 Å². The van der Waals surface area contributed by atoms with Crippen LogP contribution in [0.1, 0.15) is 30.7 Å². The second kappa shape index (κ2) is 5.21. The van der Waals surface area contributed by atoms with Gasteiger partial charge in [-0.2, -0.15) is 5.10 Å². The number of anilines is 1. The molecule has 1 saturated heterocycles. The van der Waals surface area contributed by atoms with Gasteiger partial charge in [-0.05, 0) is 39.7 Å². The SMILES string of the molecule is Cc1nnc(NCC[C@H]2CCCN2)nc1C. The molecule has 1 aliphatic rings. The number of rotatable bonds is 4. The summed E-state index contributed by atoms with van der Waals surface area (Å²) in [5, 5.41) is 14.7. The van der Waals surface area contributed by atoms with Crippen molar-refractivity contribution in [1.82, 2.24) is 20.5 Å². The Hall–Kier alpha value is -1.23. The van der Waals surface area contributed by atoms with E-state index in [0.29, 0.717) is 12.0 Å². The fourth-order valence-corrected chi connectivity index (χ4v) is 1.89. The van der Waals surface area contributed by atoms with Gasteiger partial charge in [0.05, 0.1) is 11.4 Å². The van der Waals surface area contributed by atoms with E-state index in [2.05, 4.69) is 25.8 Å². The van der Waals surface area contributed by atoms with Gasteiger partial charge in [-0.3, -0.25) is 0 Å². The Balaban J connectivity index is 1.78. The lowest BCUT2D eigenvalue weighted by Crippen LogP contribution is -2.24. The van der Waals surface area contributed by atoms with Gasteiger partial charge in [0.25, 0.3) is 0 Å². The summed E-state index contributed by atoms with van der Waals surface area (Å²) in [6, 6.07) is 0.659. The summed E-state index contributed by atoms with van der Waals surface area (Å²) in [7, 11) is 0. The van der Waals surface area contributed by atoms with Gasteiger partial charge in [0.2, 0.25) is 5.95 Å². The molecule has 0 aliphatic carbocycles. The lowest BCUT2D eigenvalue weighted by Gasteiger charge is -2.10. The van der Waals surface area contributed by atoms with Crippen LogP contribution in [0.3, 0.4) is 0 Å². The van der Waals surface area contributed by atoms with E-state index in [1.54, 1.807) is 0 Å². The summed E-state index contributed by atoms with van der Waals surface area (Å²) in [4.78, 5) is 4.33. The van der Waals surface area contributed by atoms with Crippen LogP contribution < -0.4 is 10.6 Å². The molecule has 1 aliphatic heterocycles. The van der Waals surface area contributed by atoms with Crippen molar-refractivity contribution in [2.45, 2.75) is 39.2 Å². The van der Waals surface area contributed by atoms with Gasteiger partial charge in [0, 0.05) is 12.6 Å². The molecule has 0 aromatic carbocycles. The Labute approximate surface area is 96.1 Å². The average Bonchev–Trinajstić information content (AvgIpc) is 2.76. The molecule has 1 aromatic rings. The number of nitrogens with zero attached hydrogens (tertiary/aromatic N) is 3. The lowest BCUT2D eigenvalue weighted by molar-refractivity contribution is 0.573. The van der Waals surface area contributed by atoms with Crippen LogP contribution in [-0.4, -0.2) is 34.3 Å². The van der Waals surface area contributed by atoms with Gasteiger partial charge in [-0.15, -0.1) is 5.10 Å². The van der Waals surface area contributed by atoms with Crippen LogP contribution in [0.5, 0.6) is 0 Å². The molecule has 1 aromatic heterocycles. The van der Waals surface area contributed by atoms with Crippen LogP contribution in [0.15, 0.2) is 0 Å². The van der Waals surface area contributed by atoms with E-state index in [-0.39, 0.29) is 0 Å². The topological polar surface area (TPSA) is 62.7 Å². The third kappa shape index (κ3) is 2.88. The minimum atomic E-state index is 0.640. The van der Waals surface area contributed by atoms with Crippen molar-refractivity contribution in [3.63, 3.8) is 0 Å². The highest BCUT2D eigenvalue weighted by molar-refractivity contribution is 5.24. The summed E-state index contributed by atoms with van der Waals surface area (Å²) in [5.41, 5.74) is 1.83. The van der Waals surface area contributed by atoms with Crippen molar-refractivity contribution in [3.05, 3.63) is 11.4 Å². The van der Waals surface area contributed by atoms with Crippen molar-refractivity contribution >= 4 is 5.95 Å². The lowest BCUT2D eigenvalue weighted by atomic mass is 10.1. The molecule has 16 heavy (non-hydrogen) atoms. The smallest absolute Gasteiger partial charge is 0.242 e. The molecule has 0 radical (unpaired) electrons. The highest BCUT2D eigenvalue weighted by Gasteiger charge is 2.13. The van der Waals surface area contributed by atoms with Crippen molar-refractivity contribution < 1.29 is 0 Å². The summed E-state index contributed by atoms with van der Waals surface area (Å²) in [6.45, 7) is 5.93. The third-order valence-corrected chi connectivity index (χ3v) is 3.03. The Morgan fingerprint density at radius 3 is 2.88 bits per heavy atom. The molecule has 1 fully saturated rings. The summed E-state index contributed by atoms with van der Waals surface area (Å²) >= 11 is 0. The first-order chi connectivity index (χ1) is 7.75. The number of hydrogen-bond acceptors (Lipinski definition) is 5. The van der Waals surface area contributed by atoms with Gasteiger partial charge in [-0.25, -0.2) is 4.98 Å². The number of nitrogens with one attached hydrogen (secondary N) is 2. The minimum Gasteiger partial charge on any atom is -0.353 e. The maximum absolute atomic E-state index is 4.33. The van der Waals surface area contributed by atoms with E-state index in [4.69, 9.17) is 0 Å². The molecule has 0 bridgehead atoms. The monoisotopic (exact) mass is 221 g/mol. The molecule has 5 heteroatoms. The Bertz CT molecular complexity index is 346. The van der Waals surface area contributed by atoms with Crippen LogP contribution in [0.2, 0.25) is 0 Å². The van der Waals surface area contributed by atoms with Crippen molar-refractivity contribution in [3.8, 4) is 0 Å². The molecule has 0 unspecified atom stereocenters. The fraction of sp³-hybridized carbons (Fsp3) is 0.727. The molecule has 88 valence electrons. The molecular formula is C11H19N5. The highest BCUT2D eigenvalue weighted by Crippen LogP contribution is 2.09. The Kier molecular flexibility index (Phi) is 3.66. The predicted octanol–water partition coefficient (Wildman–Crippen LogP) is 1.04. The molecule has 2 N–H and O–H groups in total. The Morgan fingerprint density at radius 1 is 1.31 bits per heavy atom. The zero-order chi connectivity index (χ0) is 11.4. The van der Waals surface area contributed by atoms with E-state index in [1.165, 1.54) is 12.8 Å². The van der Waals surface area contributed by atoms with E-state index >= 15 is 0 Å². The second-order valence-electron chi connectivity index (χ2n) is 4.31. The molecule has 0 spiro atoms. The second-order valence-corrected chi connectivity index (χ2v) is 4.31. The predicted molar refractivity (Wildman–Crippen MR) is 63.4 cm³/mol. The van der Waals surface area contributed by atoms with Gasteiger partial charge in [0.15, 0.2) is 0 Å². The van der Waals surface area contributed by atoms with Crippen LogP contribution in [0, 0.1) is 13.8 Å². The summed E-state index contributed by atoms with van der Waals surface area (Å²) < 4.78 is 0. The maximum Gasteiger partial charge on any atom is 0.242 e. The fourth-order valence-electron chi connectivity index (χ4n) is 1.89. The molecule has 5 nitrogen and oxygen atoms in total. The maximum atomic E-state index is 4.33. The van der Waals surface area contributed by atoms with Crippen LogP contribution >= 0.6 is 0 Å². The molecular weight excluding hydrogens is 202 g/mol. The van der Waals surface area contributed by atoms with Crippen molar-refractivity contribution in [1.29, 1.82) is 0 Å². The molecule has 2 rings (SSSR count). The molecule has 0 saturated carbocycles. The summed E-state index contributed by atoms with van der Waals surface area (Å²) in [6.07, 6.45) is 3.70. The number of aromatic nitrogens is 3. The van der Waals surface area contributed by atoms with Crippen molar-refractivity contribution in [2.24, 2.45) is 0 Å². The highest BCUT2D eigenvalue weighted by atomic mass is 15.2. The first kappa shape index (κ1) is 11.3. The van der Waals surface area contributed by atoms with Gasteiger partial charge < -0.3 is 10.6 Å². The van der Waals surface area contributed by atoms with Crippen LogP contribution in [0.4, 0.5) is 5.95 Å². The van der Waals surface area contributed by atoms with E-state index in [9.17, 15) is 0 Å². The number of hydrogen-bond donors (Lipinski definition) is 2. The third-order valence-electron chi connectivity index (χ3n) is 3.03. The molecule has 2 heterocycles. The van der Waals surface area contributed by atoms with Crippen LogP contribution in [0.25, 0.3) is 0 Å². The normalized spacial score (nSPS) is 20.0. The van der Waals surface area contributed by atoms with E-state index in [0.717, 1.165) is 30.9 Å². The summed E-state index contributed by atoms with van der Waals surface area (Å²) in [5.74, 6) is 0.640. The largest absolute Gasteiger partial charge is 0.353 e. The van der Waals surface area contributed by atoms with E-state index < -0.39 is 0 Å². The molecule has 1 atom stereocenters. The quantitative estimate of drug-likeness (QED) is 0.795. The average molecular weight is 221 g/mol. The molecule has 0 amide bonds. The Morgan fingerprint density at radius 2 is 2.19 bits per heavy atom. The minimum absolute atomic E-state index is 0.640. The zero-order valence-electron chi connectivity index (χ0n) is 9.95. The van der Waals surface area contributed by atoms with Crippen molar-refractivity contribution in [2.75, 3.05) is 18.4 Å². The first-order valence-corrected chi connectivity index (χ1v) is 5.91. The van der Waals surface area contributed by atoms with E-state index in [1.807, 2.05) is 13.8 Å². The van der Waals surface area contributed by atoms with Gasteiger partial charge in [0.1, 0.15) is 0 Å². The zero-order valence-corrected chi connectivity index (χ0v) is 9.95. The van der Waals surface area contributed by atoms with Crippen LogP contribution in [-0.2, 0) is 0 Å². The number of aryl methyl sites for hydroxylation is 2.